The third-order valence-electron chi connectivity index (χ3n) is 3.12. The highest BCUT2D eigenvalue weighted by molar-refractivity contribution is 7.16. The van der Waals surface area contributed by atoms with E-state index in [4.69, 9.17) is 13.9 Å². The molecule has 0 saturated heterocycles. The number of carbonyl (C=O) groups excluding carboxylic acids is 3. The Kier molecular flexibility index (Phi) is 5.17. The molecule has 122 valence electrons. The van der Waals surface area contributed by atoms with Gasteiger partial charge < -0.3 is 19.2 Å². The van der Waals surface area contributed by atoms with Crippen molar-refractivity contribution < 1.29 is 28.3 Å². The lowest BCUT2D eigenvalue weighted by Gasteiger charge is -2.06. The number of rotatable bonds is 5. The first-order chi connectivity index (χ1) is 10.9. The predicted molar refractivity (Wildman–Crippen MR) is 82.8 cm³/mol. The van der Waals surface area contributed by atoms with Gasteiger partial charge in [-0.1, -0.05) is 0 Å². The molecular weight excluding hydrogens is 322 g/mol. The van der Waals surface area contributed by atoms with Crippen molar-refractivity contribution in [2.75, 3.05) is 19.0 Å². The SMILES string of the molecule is COC(=O)c1c(NC(=O)COC(=O)c2ccoc2)sc(C)c1C. The average Bonchev–Trinajstić information content (AvgIpc) is 3.14. The molecule has 2 aromatic rings. The van der Waals surface area contributed by atoms with Gasteiger partial charge in [0, 0.05) is 4.88 Å². The van der Waals surface area contributed by atoms with E-state index in [1.165, 1.54) is 37.0 Å². The minimum absolute atomic E-state index is 0.218. The molecule has 2 rings (SSSR count). The lowest BCUT2D eigenvalue weighted by molar-refractivity contribution is -0.119. The van der Waals surface area contributed by atoms with E-state index in [9.17, 15) is 14.4 Å². The molecular formula is C15H15NO6S. The second-order valence-corrected chi connectivity index (χ2v) is 5.84. The number of furan rings is 1. The van der Waals surface area contributed by atoms with Gasteiger partial charge in [0.25, 0.3) is 5.91 Å². The summed E-state index contributed by atoms with van der Waals surface area (Å²) < 4.78 is 14.3. The minimum Gasteiger partial charge on any atom is -0.472 e. The molecule has 23 heavy (non-hydrogen) atoms. The Morgan fingerprint density at radius 1 is 1.26 bits per heavy atom. The second-order valence-electron chi connectivity index (χ2n) is 4.62. The quantitative estimate of drug-likeness (QED) is 0.843. The van der Waals surface area contributed by atoms with Crippen molar-refractivity contribution in [3.05, 3.63) is 40.2 Å². The maximum Gasteiger partial charge on any atom is 0.341 e. The topological polar surface area (TPSA) is 94.8 Å². The van der Waals surface area contributed by atoms with Crippen LogP contribution in [-0.2, 0) is 14.3 Å². The Morgan fingerprint density at radius 2 is 2.00 bits per heavy atom. The number of methoxy groups -OCH3 is 1. The summed E-state index contributed by atoms with van der Waals surface area (Å²) in [5.41, 5.74) is 1.27. The van der Waals surface area contributed by atoms with Crippen molar-refractivity contribution in [2.45, 2.75) is 13.8 Å². The lowest BCUT2D eigenvalue weighted by atomic mass is 10.1. The van der Waals surface area contributed by atoms with Crippen LogP contribution in [0.1, 0.15) is 31.2 Å². The van der Waals surface area contributed by atoms with Gasteiger partial charge in [-0.25, -0.2) is 9.59 Å². The molecule has 2 aromatic heterocycles. The molecule has 1 amide bonds. The van der Waals surface area contributed by atoms with E-state index in [-0.39, 0.29) is 5.56 Å². The van der Waals surface area contributed by atoms with E-state index in [0.29, 0.717) is 10.6 Å². The number of aryl methyl sites for hydroxylation is 1. The summed E-state index contributed by atoms with van der Waals surface area (Å²) in [4.78, 5) is 36.2. The summed E-state index contributed by atoms with van der Waals surface area (Å²) >= 11 is 1.26. The van der Waals surface area contributed by atoms with Crippen LogP contribution < -0.4 is 5.32 Å². The normalized spacial score (nSPS) is 10.2. The summed E-state index contributed by atoms with van der Waals surface area (Å²) in [6, 6.07) is 1.43. The molecule has 2 heterocycles. The molecule has 0 radical (unpaired) electrons. The smallest absolute Gasteiger partial charge is 0.341 e. The highest BCUT2D eigenvalue weighted by Gasteiger charge is 2.22. The number of ether oxygens (including phenoxy) is 2. The Labute approximate surface area is 136 Å². The Bertz CT molecular complexity index is 731. The van der Waals surface area contributed by atoms with Gasteiger partial charge in [0.1, 0.15) is 11.3 Å². The Morgan fingerprint density at radius 3 is 2.61 bits per heavy atom. The van der Waals surface area contributed by atoms with Gasteiger partial charge in [-0.3, -0.25) is 4.79 Å². The molecule has 0 saturated carbocycles. The van der Waals surface area contributed by atoms with Crippen LogP contribution in [0.5, 0.6) is 0 Å². The number of esters is 2. The monoisotopic (exact) mass is 337 g/mol. The molecule has 0 aliphatic rings. The Hall–Kier alpha value is -2.61. The van der Waals surface area contributed by atoms with Crippen molar-refractivity contribution >= 4 is 34.2 Å². The standard InChI is InChI=1S/C15H15NO6S/c1-8-9(2)23-13(12(8)15(19)20-3)16-11(17)7-22-14(18)10-4-5-21-6-10/h4-6H,7H2,1-3H3,(H,16,17). The highest BCUT2D eigenvalue weighted by atomic mass is 32.1. The van der Waals surface area contributed by atoms with Crippen molar-refractivity contribution in [1.82, 2.24) is 0 Å². The molecule has 1 N–H and O–H groups in total. The summed E-state index contributed by atoms with van der Waals surface area (Å²) in [6.07, 6.45) is 2.55. The van der Waals surface area contributed by atoms with Crippen molar-refractivity contribution in [3.63, 3.8) is 0 Å². The fraction of sp³-hybridized carbons (Fsp3) is 0.267. The predicted octanol–water partition coefficient (Wildman–Crippen LogP) is 2.54. The largest absolute Gasteiger partial charge is 0.472 e. The van der Waals surface area contributed by atoms with Gasteiger partial charge >= 0.3 is 11.9 Å². The molecule has 0 bridgehead atoms. The zero-order valence-electron chi connectivity index (χ0n) is 12.8. The van der Waals surface area contributed by atoms with E-state index in [2.05, 4.69) is 5.32 Å². The number of hydrogen-bond donors (Lipinski definition) is 1. The summed E-state index contributed by atoms with van der Waals surface area (Å²) in [7, 11) is 1.27. The van der Waals surface area contributed by atoms with E-state index in [0.717, 1.165) is 10.4 Å². The van der Waals surface area contributed by atoms with Crippen LogP contribution in [0.2, 0.25) is 0 Å². The zero-order valence-corrected chi connectivity index (χ0v) is 13.6. The summed E-state index contributed by atoms with van der Waals surface area (Å²) in [6.45, 7) is 3.13. The van der Waals surface area contributed by atoms with Crippen molar-refractivity contribution in [2.24, 2.45) is 0 Å². The zero-order chi connectivity index (χ0) is 17.0. The molecule has 0 aliphatic heterocycles. The third-order valence-corrected chi connectivity index (χ3v) is 4.24. The first kappa shape index (κ1) is 16.8. The van der Waals surface area contributed by atoms with E-state index < -0.39 is 24.5 Å². The first-order valence-electron chi connectivity index (χ1n) is 6.61. The molecule has 7 nitrogen and oxygen atoms in total. The van der Waals surface area contributed by atoms with Crippen molar-refractivity contribution in [1.29, 1.82) is 0 Å². The van der Waals surface area contributed by atoms with E-state index in [1.54, 1.807) is 6.92 Å². The van der Waals surface area contributed by atoms with Crippen LogP contribution in [0.15, 0.2) is 23.0 Å². The number of hydrogen-bond acceptors (Lipinski definition) is 7. The molecule has 0 fully saturated rings. The van der Waals surface area contributed by atoms with Crippen LogP contribution in [0.4, 0.5) is 5.00 Å². The van der Waals surface area contributed by atoms with E-state index >= 15 is 0 Å². The third kappa shape index (κ3) is 3.78. The number of carbonyl (C=O) groups is 3. The highest BCUT2D eigenvalue weighted by Crippen LogP contribution is 2.32. The number of thiophene rings is 1. The number of nitrogens with one attached hydrogen (secondary N) is 1. The molecule has 0 spiro atoms. The lowest BCUT2D eigenvalue weighted by Crippen LogP contribution is -2.21. The second kappa shape index (κ2) is 7.10. The molecule has 0 aliphatic carbocycles. The fourth-order valence-corrected chi connectivity index (χ4v) is 2.89. The first-order valence-corrected chi connectivity index (χ1v) is 7.43. The molecule has 0 aromatic carbocycles. The van der Waals surface area contributed by atoms with Gasteiger partial charge in [0.05, 0.1) is 24.5 Å². The average molecular weight is 337 g/mol. The molecule has 0 unspecified atom stereocenters. The van der Waals surface area contributed by atoms with Crippen molar-refractivity contribution in [3.8, 4) is 0 Å². The Balaban J connectivity index is 2.02. The van der Waals surface area contributed by atoms with Gasteiger partial charge in [0.2, 0.25) is 0 Å². The van der Waals surface area contributed by atoms with Gasteiger partial charge in [-0.15, -0.1) is 11.3 Å². The van der Waals surface area contributed by atoms with Crippen LogP contribution in [0.25, 0.3) is 0 Å². The maximum atomic E-state index is 11.9. The number of anilines is 1. The van der Waals surface area contributed by atoms with Crippen LogP contribution in [0.3, 0.4) is 0 Å². The van der Waals surface area contributed by atoms with Crippen LogP contribution >= 0.6 is 11.3 Å². The number of amides is 1. The maximum absolute atomic E-state index is 11.9. The van der Waals surface area contributed by atoms with Gasteiger partial charge in [0.15, 0.2) is 6.61 Å². The molecule has 8 heteroatoms. The minimum atomic E-state index is -0.666. The van der Waals surface area contributed by atoms with Crippen LogP contribution in [0, 0.1) is 13.8 Å². The van der Waals surface area contributed by atoms with Gasteiger partial charge in [-0.05, 0) is 25.5 Å². The molecule has 0 atom stereocenters. The summed E-state index contributed by atoms with van der Waals surface area (Å²) in [5.74, 6) is -1.74. The summed E-state index contributed by atoms with van der Waals surface area (Å²) in [5, 5.41) is 2.94. The van der Waals surface area contributed by atoms with E-state index in [1.807, 2.05) is 6.92 Å². The van der Waals surface area contributed by atoms with Gasteiger partial charge in [-0.2, -0.15) is 0 Å². The van der Waals surface area contributed by atoms with Crippen LogP contribution in [-0.4, -0.2) is 31.6 Å². The fourth-order valence-electron chi connectivity index (χ4n) is 1.82.